The Hall–Kier alpha value is -3.43. The number of piperidine rings is 1. The first-order valence-corrected chi connectivity index (χ1v) is 9.43. The molecule has 1 aromatic heterocycles. The molecule has 2 fully saturated rings. The minimum Gasteiger partial charge on any atom is -0.439 e. The number of benzene rings is 1. The lowest BCUT2D eigenvalue weighted by atomic mass is 10.0. The summed E-state index contributed by atoms with van der Waals surface area (Å²) in [6.45, 7) is 1.31. The van der Waals surface area contributed by atoms with Gasteiger partial charge in [-0.05, 0) is 23.3 Å². The van der Waals surface area contributed by atoms with Crippen LogP contribution >= 0.6 is 0 Å². The lowest BCUT2D eigenvalue weighted by Gasteiger charge is -2.35. The number of aromatic nitrogens is 2. The van der Waals surface area contributed by atoms with Crippen LogP contribution in [0.15, 0.2) is 36.5 Å². The zero-order valence-electron chi connectivity index (χ0n) is 15.9. The predicted octanol–water partition coefficient (Wildman–Crippen LogP) is 2.13. The maximum Gasteiger partial charge on any atom is 0.410 e. The lowest BCUT2D eigenvalue weighted by molar-refractivity contribution is -0.392. The maximum absolute atomic E-state index is 12.7. The van der Waals surface area contributed by atoms with Crippen molar-refractivity contribution in [3.63, 3.8) is 0 Å². The molecule has 1 atom stereocenters. The van der Waals surface area contributed by atoms with Crippen LogP contribution in [0.1, 0.15) is 34.9 Å². The highest BCUT2D eigenvalue weighted by molar-refractivity contribution is 5.97. The summed E-state index contributed by atoms with van der Waals surface area (Å²) >= 11 is 0. The Kier molecular flexibility index (Phi) is 4.91. The number of carbonyl (C=O) groups is 2. The summed E-state index contributed by atoms with van der Waals surface area (Å²) in [6.07, 6.45) is 1.79. The van der Waals surface area contributed by atoms with E-state index in [4.69, 9.17) is 4.74 Å². The van der Waals surface area contributed by atoms with E-state index in [9.17, 15) is 19.7 Å². The molecule has 2 saturated heterocycles. The number of amides is 2. The van der Waals surface area contributed by atoms with E-state index in [-0.39, 0.29) is 29.6 Å². The van der Waals surface area contributed by atoms with Crippen molar-refractivity contribution in [2.45, 2.75) is 25.0 Å². The average molecular weight is 399 g/mol. The summed E-state index contributed by atoms with van der Waals surface area (Å²) in [4.78, 5) is 39.0. The van der Waals surface area contributed by atoms with Gasteiger partial charge in [0.05, 0.1) is 12.7 Å². The Bertz CT molecular complexity index is 936. The molecule has 1 aromatic carbocycles. The number of hydrogen-bond donors (Lipinski definition) is 0. The number of nitrogens with zero attached hydrogens (tertiary/aromatic N) is 5. The molecule has 2 aromatic rings. The molecule has 2 amide bonds. The van der Waals surface area contributed by atoms with Gasteiger partial charge in [0.2, 0.25) is 0 Å². The highest BCUT2D eigenvalue weighted by Gasteiger charge is 2.39. The molecule has 3 heterocycles. The molecular formula is C19H21N5O5. The van der Waals surface area contributed by atoms with Crippen molar-refractivity contribution in [3.05, 3.63) is 57.8 Å². The number of aryl methyl sites for hydroxylation is 1. The Balaban J connectivity index is 1.39. The van der Waals surface area contributed by atoms with Gasteiger partial charge in [-0.25, -0.2) is 4.79 Å². The van der Waals surface area contributed by atoms with E-state index in [1.165, 1.54) is 13.2 Å². The molecule has 10 nitrogen and oxygen atoms in total. The van der Waals surface area contributed by atoms with Gasteiger partial charge >= 0.3 is 11.9 Å². The van der Waals surface area contributed by atoms with Crippen LogP contribution in [0.3, 0.4) is 0 Å². The van der Waals surface area contributed by atoms with E-state index in [1.54, 1.807) is 9.80 Å². The molecule has 4 rings (SSSR count). The third-order valence-corrected chi connectivity index (χ3v) is 5.51. The summed E-state index contributed by atoms with van der Waals surface area (Å²) in [5.41, 5.74) is 0.945. The summed E-state index contributed by atoms with van der Waals surface area (Å²) < 4.78 is 6.61. The molecule has 0 aliphatic carbocycles. The van der Waals surface area contributed by atoms with Crippen molar-refractivity contribution in [2.24, 2.45) is 7.05 Å². The fourth-order valence-electron chi connectivity index (χ4n) is 3.97. The molecular weight excluding hydrogens is 378 g/mol. The number of hydrogen-bond acceptors (Lipinski definition) is 6. The van der Waals surface area contributed by atoms with Gasteiger partial charge in [-0.3, -0.25) is 4.79 Å². The van der Waals surface area contributed by atoms with E-state index in [2.05, 4.69) is 5.10 Å². The van der Waals surface area contributed by atoms with Crippen LogP contribution < -0.4 is 0 Å². The molecule has 152 valence electrons. The number of cyclic esters (lactones) is 1. The Labute approximate surface area is 166 Å². The van der Waals surface area contributed by atoms with E-state index in [0.717, 1.165) is 10.2 Å². The standard InChI is InChI=1S/C19H21N5O5/c1-21-17(24(27)28)15(11-20-21)18(25)22-9-7-14(8-10-22)23-12-16(29-19(23)26)13-5-3-2-4-6-13/h2-6,11,14,16H,7-10,12H2,1H3. The molecule has 0 saturated carbocycles. The van der Waals surface area contributed by atoms with Gasteiger partial charge in [0, 0.05) is 19.1 Å². The van der Waals surface area contributed by atoms with Crippen molar-refractivity contribution >= 4 is 17.8 Å². The summed E-state index contributed by atoms with van der Waals surface area (Å²) in [5, 5.41) is 15.1. The fourth-order valence-corrected chi connectivity index (χ4v) is 3.97. The number of carbonyl (C=O) groups excluding carboxylic acids is 2. The molecule has 1 unspecified atom stereocenters. The normalized spacial score (nSPS) is 20.0. The smallest absolute Gasteiger partial charge is 0.410 e. The quantitative estimate of drug-likeness (QED) is 0.575. The van der Waals surface area contributed by atoms with Crippen molar-refractivity contribution < 1.29 is 19.2 Å². The second-order valence-corrected chi connectivity index (χ2v) is 7.22. The van der Waals surface area contributed by atoms with Gasteiger partial charge in [-0.15, -0.1) is 4.68 Å². The van der Waals surface area contributed by atoms with Crippen LogP contribution in [0.4, 0.5) is 10.6 Å². The zero-order valence-corrected chi connectivity index (χ0v) is 15.9. The van der Waals surface area contributed by atoms with Crippen molar-refractivity contribution in [1.29, 1.82) is 0 Å². The minimum atomic E-state index is -0.600. The number of rotatable bonds is 4. The number of likely N-dealkylation sites (tertiary alicyclic amines) is 1. The summed E-state index contributed by atoms with van der Waals surface area (Å²) in [5.74, 6) is -0.722. The van der Waals surface area contributed by atoms with Gasteiger partial charge < -0.3 is 24.7 Å². The largest absolute Gasteiger partial charge is 0.439 e. The highest BCUT2D eigenvalue weighted by Crippen LogP contribution is 2.31. The second-order valence-electron chi connectivity index (χ2n) is 7.22. The molecule has 2 aliphatic heterocycles. The third kappa shape index (κ3) is 3.53. The fraction of sp³-hybridized carbons (Fsp3) is 0.421. The second kappa shape index (κ2) is 7.53. The Morgan fingerprint density at radius 3 is 2.59 bits per heavy atom. The number of nitro groups is 1. The monoisotopic (exact) mass is 399 g/mol. The van der Waals surface area contributed by atoms with Crippen LogP contribution in [0.25, 0.3) is 0 Å². The average Bonchev–Trinajstić information content (AvgIpc) is 3.31. The first-order valence-electron chi connectivity index (χ1n) is 9.43. The van der Waals surface area contributed by atoms with Crippen LogP contribution in [-0.4, -0.2) is 62.2 Å². The van der Waals surface area contributed by atoms with Crippen molar-refractivity contribution in [3.8, 4) is 0 Å². The van der Waals surface area contributed by atoms with Crippen molar-refractivity contribution in [2.75, 3.05) is 19.6 Å². The Morgan fingerprint density at radius 1 is 1.24 bits per heavy atom. The van der Waals surface area contributed by atoms with E-state index < -0.39 is 10.8 Å². The van der Waals surface area contributed by atoms with Gasteiger partial charge in [0.15, 0.2) is 5.56 Å². The van der Waals surface area contributed by atoms with E-state index in [1.807, 2.05) is 30.3 Å². The lowest BCUT2D eigenvalue weighted by Crippen LogP contribution is -2.47. The summed E-state index contributed by atoms with van der Waals surface area (Å²) in [6, 6.07) is 9.58. The van der Waals surface area contributed by atoms with Crippen LogP contribution in [0, 0.1) is 10.1 Å². The molecule has 10 heteroatoms. The molecule has 29 heavy (non-hydrogen) atoms. The SMILES string of the molecule is Cn1ncc(C(=O)N2CCC(N3CC(c4ccccc4)OC3=O)CC2)c1[N+](=O)[O-]. The van der Waals surface area contributed by atoms with E-state index >= 15 is 0 Å². The molecule has 2 aliphatic rings. The van der Waals surface area contributed by atoms with Crippen molar-refractivity contribution in [1.82, 2.24) is 19.6 Å². The van der Waals surface area contributed by atoms with Gasteiger partial charge in [-0.2, -0.15) is 0 Å². The third-order valence-electron chi connectivity index (χ3n) is 5.51. The number of ether oxygens (including phenoxy) is 1. The molecule has 0 bridgehead atoms. The van der Waals surface area contributed by atoms with Gasteiger partial charge in [0.1, 0.15) is 13.2 Å². The first kappa shape index (κ1) is 18.9. The Morgan fingerprint density at radius 2 is 1.93 bits per heavy atom. The van der Waals surface area contributed by atoms with Crippen LogP contribution in [-0.2, 0) is 11.8 Å². The summed E-state index contributed by atoms with van der Waals surface area (Å²) in [7, 11) is 1.43. The zero-order chi connectivity index (χ0) is 20.5. The predicted molar refractivity (Wildman–Crippen MR) is 101 cm³/mol. The first-order chi connectivity index (χ1) is 14.0. The van der Waals surface area contributed by atoms with E-state index in [0.29, 0.717) is 32.5 Å². The van der Waals surface area contributed by atoms with Crippen LogP contribution in [0.2, 0.25) is 0 Å². The van der Waals surface area contributed by atoms with Gasteiger partial charge in [-0.1, -0.05) is 35.4 Å². The maximum atomic E-state index is 12.7. The van der Waals surface area contributed by atoms with Gasteiger partial charge in [0.25, 0.3) is 5.91 Å². The molecule has 0 N–H and O–H groups in total. The molecule has 0 radical (unpaired) electrons. The highest BCUT2D eigenvalue weighted by atomic mass is 16.6. The minimum absolute atomic E-state index is 0.0133. The van der Waals surface area contributed by atoms with Crippen LogP contribution in [0.5, 0.6) is 0 Å². The molecule has 0 spiro atoms. The topological polar surface area (TPSA) is 111 Å².